The molecule has 1 aliphatic heterocycles. The summed E-state index contributed by atoms with van der Waals surface area (Å²) in [7, 11) is 0. The zero-order chi connectivity index (χ0) is 21.8. The summed E-state index contributed by atoms with van der Waals surface area (Å²) < 4.78 is 1.25. The molecule has 1 aromatic heterocycles. The first-order chi connectivity index (χ1) is 14.3. The molecule has 0 bridgehead atoms. The Morgan fingerprint density at radius 3 is 2.30 bits per heavy atom. The largest absolute Gasteiger partial charge is 0.354 e. The van der Waals surface area contributed by atoms with Crippen molar-refractivity contribution in [3.8, 4) is 0 Å². The molecule has 2 heterocycles. The number of rotatable bonds is 8. The molecule has 156 valence electrons. The maximum atomic E-state index is 12.4. The van der Waals surface area contributed by atoms with Gasteiger partial charge in [0.1, 0.15) is 6.04 Å². The number of nitro groups is 1. The van der Waals surface area contributed by atoms with E-state index in [1.54, 1.807) is 24.3 Å². The minimum absolute atomic E-state index is 0.169. The SMILES string of the molecule is CC(C(=O)NCCCCn1cc([N+](=O)[O-])ccc1=O)N1C(=O)c2ccccc2C1=O. The molecular formula is C20H20N4O6. The molecule has 0 radical (unpaired) electrons. The maximum absolute atomic E-state index is 12.4. The van der Waals surface area contributed by atoms with Crippen LogP contribution in [-0.2, 0) is 11.3 Å². The van der Waals surface area contributed by atoms with Crippen molar-refractivity contribution in [1.82, 2.24) is 14.8 Å². The van der Waals surface area contributed by atoms with Gasteiger partial charge in [-0.1, -0.05) is 12.1 Å². The zero-order valence-corrected chi connectivity index (χ0v) is 16.2. The monoisotopic (exact) mass is 412 g/mol. The fraction of sp³-hybridized carbons (Fsp3) is 0.300. The average molecular weight is 412 g/mol. The lowest BCUT2D eigenvalue weighted by atomic mass is 10.1. The molecule has 0 spiro atoms. The molecule has 3 rings (SSSR count). The van der Waals surface area contributed by atoms with Gasteiger partial charge < -0.3 is 9.88 Å². The molecule has 1 unspecified atom stereocenters. The topological polar surface area (TPSA) is 132 Å². The summed E-state index contributed by atoms with van der Waals surface area (Å²) in [6, 6.07) is 7.75. The van der Waals surface area contributed by atoms with Crippen LogP contribution >= 0.6 is 0 Å². The van der Waals surface area contributed by atoms with Crippen molar-refractivity contribution in [2.75, 3.05) is 6.54 Å². The lowest BCUT2D eigenvalue weighted by molar-refractivity contribution is -0.385. The summed E-state index contributed by atoms with van der Waals surface area (Å²) in [6.45, 7) is 2.03. The predicted octanol–water partition coefficient (Wildman–Crippen LogP) is 1.34. The van der Waals surface area contributed by atoms with Gasteiger partial charge in [0.05, 0.1) is 22.2 Å². The maximum Gasteiger partial charge on any atom is 0.285 e. The molecule has 0 saturated heterocycles. The van der Waals surface area contributed by atoms with E-state index in [-0.39, 0.29) is 35.5 Å². The minimum atomic E-state index is -0.961. The second kappa shape index (κ2) is 8.68. The fourth-order valence-corrected chi connectivity index (χ4v) is 3.24. The van der Waals surface area contributed by atoms with Crippen LogP contribution in [0.15, 0.2) is 47.4 Å². The van der Waals surface area contributed by atoms with E-state index in [1.165, 1.54) is 17.7 Å². The van der Waals surface area contributed by atoms with Crippen molar-refractivity contribution in [3.05, 3.63) is 74.2 Å². The van der Waals surface area contributed by atoms with Crippen molar-refractivity contribution in [3.63, 3.8) is 0 Å². The van der Waals surface area contributed by atoms with Crippen LogP contribution in [0, 0.1) is 10.1 Å². The minimum Gasteiger partial charge on any atom is -0.354 e. The van der Waals surface area contributed by atoms with Crippen LogP contribution < -0.4 is 10.9 Å². The molecule has 3 amide bonds. The first kappa shape index (κ1) is 20.9. The number of imide groups is 1. The molecule has 30 heavy (non-hydrogen) atoms. The smallest absolute Gasteiger partial charge is 0.285 e. The summed E-state index contributed by atoms with van der Waals surface area (Å²) in [5.74, 6) is -1.45. The van der Waals surface area contributed by atoms with Crippen LogP contribution in [0.5, 0.6) is 0 Å². The number of carbonyl (C=O) groups is 3. The molecule has 2 aromatic rings. The molecule has 10 heteroatoms. The van der Waals surface area contributed by atoms with Crippen LogP contribution in [0.3, 0.4) is 0 Å². The second-order valence-corrected chi connectivity index (χ2v) is 6.88. The molecule has 1 atom stereocenters. The summed E-state index contributed by atoms with van der Waals surface area (Å²) >= 11 is 0. The molecule has 0 saturated carbocycles. The number of aromatic nitrogens is 1. The van der Waals surface area contributed by atoms with Crippen molar-refractivity contribution >= 4 is 23.4 Å². The number of nitrogens with one attached hydrogen (secondary N) is 1. The average Bonchev–Trinajstić information content (AvgIpc) is 2.98. The summed E-state index contributed by atoms with van der Waals surface area (Å²) in [5.41, 5.74) is 0.0515. The van der Waals surface area contributed by atoms with E-state index in [0.717, 1.165) is 17.0 Å². The second-order valence-electron chi connectivity index (χ2n) is 6.88. The highest BCUT2D eigenvalue weighted by molar-refractivity contribution is 6.22. The number of amides is 3. The molecule has 10 nitrogen and oxygen atoms in total. The highest BCUT2D eigenvalue weighted by Crippen LogP contribution is 2.24. The number of carbonyl (C=O) groups excluding carboxylic acids is 3. The lowest BCUT2D eigenvalue weighted by Crippen LogP contribution is -2.48. The Bertz CT molecular complexity index is 1040. The van der Waals surface area contributed by atoms with Crippen molar-refractivity contribution in [1.29, 1.82) is 0 Å². The van der Waals surface area contributed by atoms with Gasteiger partial charge in [0.15, 0.2) is 0 Å². The predicted molar refractivity (Wildman–Crippen MR) is 106 cm³/mol. The number of benzene rings is 1. The van der Waals surface area contributed by atoms with E-state index in [1.807, 2.05) is 0 Å². The number of aryl methyl sites for hydroxylation is 1. The van der Waals surface area contributed by atoms with Crippen LogP contribution in [0.1, 0.15) is 40.5 Å². The van der Waals surface area contributed by atoms with Gasteiger partial charge in [0.25, 0.3) is 23.1 Å². The standard InChI is InChI=1S/C20H20N4O6/c1-13(23-19(27)15-6-2-3-7-16(15)20(23)28)18(26)21-10-4-5-11-22-12-14(24(29)30)8-9-17(22)25/h2-3,6-9,12-13H,4-5,10-11H2,1H3,(H,21,26). The first-order valence-electron chi connectivity index (χ1n) is 9.40. The van der Waals surface area contributed by atoms with Crippen LogP contribution in [0.4, 0.5) is 5.69 Å². The number of pyridine rings is 1. The Morgan fingerprint density at radius 2 is 1.70 bits per heavy atom. The van der Waals surface area contributed by atoms with Gasteiger partial charge in [-0.25, -0.2) is 0 Å². The summed E-state index contributed by atoms with van der Waals surface area (Å²) in [4.78, 5) is 60.2. The Labute approximate surface area is 171 Å². The zero-order valence-electron chi connectivity index (χ0n) is 16.2. The molecule has 0 fully saturated rings. The first-order valence-corrected chi connectivity index (χ1v) is 9.40. The van der Waals surface area contributed by atoms with Crippen LogP contribution in [0.2, 0.25) is 0 Å². The molecule has 1 N–H and O–H groups in total. The summed E-state index contributed by atoms with van der Waals surface area (Å²) in [5, 5.41) is 13.5. The van der Waals surface area contributed by atoms with Gasteiger partial charge in [0, 0.05) is 25.2 Å². The van der Waals surface area contributed by atoms with Gasteiger partial charge in [-0.05, 0) is 31.9 Å². The molecular weight excluding hydrogens is 392 g/mol. The number of hydrogen-bond acceptors (Lipinski definition) is 6. The Hall–Kier alpha value is -3.82. The van der Waals surface area contributed by atoms with Gasteiger partial charge in [-0.15, -0.1) is 0 Å². The third-order valence-corrected chi connectivity index (χ3v) is 4.90. The van der Waals surface area contributed by atoms with E-state index < -0.39 is 28.7 Å². The molecule has 0 aliphatic carbocycles. The van der Waals surface area contributed by atoms with Crippen molar-refractivity contribution in [2.24, 2.45) is 0 Å². The van der Waals surface area contributed by atoms with Gasteiger partial charge in [0.2, 0.25) is 5.91 Å². The van der Waals surface area contributed by atoms with E-state index >= 15 is 0 Å². The van der Waals surface area contributed by atoms with Crippen LogP contribution in [-0.4, -0.2) is 44.7 Å². The number of fused-ring (bicyclic) bond motifs is 1. The Morgan fingerprint density at radius 1 is 1.07 bits per heavy atom. The number of hydrogen-bond donors (Lipinski definition) is 1. The van der Waals surface area contributed by atoms with Crippen molar-refractivity contribution in [2.45, 2.75) is 32.4 Å². The third kappa shape index (κ3) is 4.12. The Kier molecular flexibility index (Phi) is 6.05. The normalized spacial score (nSPS) is 13.8. The van der Waals surface area contributed by atoms with Gasteiger partial charge in [-0.2, -0.15) is 0 Å². The van der Waals surface area contributed by atoms with E-state index in [9.17, 15) is 29.3 Å². The number of unbranched alkanes of at least 4 members (excludes halogenated alkanes) is 1. The van der Waals surface area contributed by atoms with E-state index in [4.69, 9.17) is 0 Å². The highest BCUT2D eigenvalue weighted by atomic mass is 16.6. The van der Waals surface area contributed by atoms with E-state index in [2.05, 4.69) is 5.32 Å². The third-order valence-electron chi connectivity index (χ3n) is 4.90. The lowest BCUT2D eigenvalue weighted by Gasteiger charge is -2.21. The van der Waals surface area contributed by atoms with Crippen LogP contribution in [0.25, 0.3) is 0 Å². The number of nitrogens with zero attached hydrogens (tertiary/aromatic N) is 3. The van der Waals surface area contributed by atoms with Gasteiger partial charge in [-0.3, -0.25) is 34.2 Å². The molecule has 1 aliphatic rings. The fourth-order valence-electron chi connectivity index (χ4n) is 3.24. The summed E-state index contributed by atoms with van der Waals surface area (Å²) in [6.07, 6.45) is 2.20. The highest BCUT2D eigenvalue weighted by Gasteiger charge is 2.40. The molecule has 1 aromatic carbocycles. The Balaban J connectivity index is 1.49. The van der Waals surface area contributed by atoms with Crippen molar-refractivity contribution < 1.29 is 19.3 Å². The van der Waals surface area contributed by atoms with Gasteiger partial charge >= 0.3 is 0 Å². The van der Waals surface area contributed by atoms with E-state index in [0.29, 0.717) is 12.8 Å². The quantitative estimate of drug-likeness (QED) is 0.301.